The molecule has 2 aromatic carbocycles. The normalized spacial score (nSPS) is 17.7. The van der Waals surface area contributed by atoms with E-state index in [0.29, 0.717) is 6.54 Å². The van der Waals surface area contributed by atoms with Gasteiger partial charge in [0.05, 0.1) is 11.4 Å². The van der Waals surface area contributed by atoms with E-state index >= 15 is 9.59 Å². The molecule has 8 nitrogen and oxygen atoms in total. The van der Waals surface area contributed by atoms with Crippen LogP contribution in [0.2, 0.25) is 0 Å². The molecule has 492 valence electrons. The molecule has 8 bridgehead atoms. The molecule has 4 aliphatic carbocycles. The second-order valence-electron chi connectivity index (χ2n) is 35.3. The van der Waals surface area contributed by atoms with Crippen molar-refractivity contribution in [2.45, 2.75) is 173 Å². The Kier molecular flexibility index (Phi) is 16.5. The van der Waals surface area contributed by atoms with Gasteiger partial charge in [-0.05, 0) is 185 Å². The number of fused-ring (bicyclic) bond motifs is 9. The molecule has 3 N–H and O–H groups in total. The Morgan fingerprint density at radius 3 is 0.758 bits per heavy atom. The van der Waals surface area contributed by atoms with Gasteiger partial charge in [-0.1, -0.05) is 203 Å². The molecule has 0 amide bonds. The molecule has 95 heavy (non-hydrogen) atoms. The van der Waals surface area contributed by atoms with Crippen molar-refractivity contribution in [2.24, 2.45) is 43.3 Å². The highest BCUT2D eigenvalue weighted by Gasteiger charge is 2.41. The van der Waals surface area contributed by atoms with Crippen molar-refractivity contribution in [1.82, 2.24) is 19.5 Å². The summed E-state index contributed by atoms with van der Waals surface area (Å²) in [6.45, 7) is 51.3. The highest BCUT2D eigenvalue weighted by molar-refractivity contribution is 6.16. The maximum atomic E-state index is 15.1. The van der Waals surface area contributed by atoms with Crippen LogP contribution in [0.25, 0.3) is 33.1 Å². The van der Waals surface area contributed by atoms with Crippen molar-refractivity contribution < 1.29 is 19.2 Å². The summed E-state index contributed by atoms with van der Waals surface area (Å²) in [5.74, 6) is 0.167. The lowest BCUT2D eigenvalue weighted by molar-refractivity contribution is -0.114. The van der Waals surface area contributed by atoms with E-state index in [0.717, 1.165) is 151 Å². The molecule has 0 fully saturated rings. The van der Waals surface area contributed by atoms with E-state index in [9.17, 15) is 9.59 Å². The second kappa shape index (κ2) is 23.1. The molecule has 0 radical (unpaired) electrons. The maximum absolute atomic E-state index is 15.1. The van der Waals surface area contributed by atoms with Gasteiger partial charge in [-0.3, -0.25) is 19.2 Å². The Morgan fingerprint density at radius 2 is 0.505 bits per heavy atom. The summed E-state index contributed by atoms with van der Waals surface area (Å²) in [6, 6.07) is 32.7. The molecule has 8 heteroatoms. The first-order valence-corrected chi connectivity index (χ1v) is 34.0. The van der Waals surface area contributed by atoms with Gasteiger partial charge in [0.25, 0.3) is 0 Å². The fraction of sp³-hybridized carbons (Fsp3) is 0.379. The summed E-state index contributed by atoms with van der Waals surface area (Å²) >= 11 is 0. The first-order chi connectivity index (χ1) is 43.8. The zero-order valence-corrected chi connectivity index (χ0v) is 61.1. The maximum Gasteiger partial charge on any atom is 0.186 e. The molecule has 0 saturated carbocycles. The fourth-order valence-corrected chi connectivity index (χ4v) is 14.0. The number of nitrogens with zero attached hydrogens (tertiary/aromatic N) is 1. The number of carbonyl (C=O) groups is 4. The predicted octanol–water partition coefficient (Wildman–Crippen LogP) is 21.3. The third kappa shape index (κ3) is 12.8. The molecule has 0 atom stereocenters. The van der Waals surface area contributed by atoms with E-state index in [1.54, 1.807) is 0 Å². The van der Waals surface area contributed by atoms with Gasteiger partial charge < -0.3 is 19.5 Å². The van der Waals surface area contributed by atoms with Gasteiger partial charge in [0.2, 0.25) is 0 Å². The topological polar surface area (TPSA) is 121 Å². The number of aromatic nitrogens is 4. The van der Waals surface area contributed by atoms with Gasteiger partial charge >= 0.3 is 0 Å². The SMILES string of the molecule is CC(C)(C)C1=CC(=C2c3ccc([nH]3)C(=C3C=C(C(C)(C)C)C(=O)C(C(C)(C)C)=C3)c3ccc([nH]3)C(=C3C=C(C(C)(C)C)C(=O)C(C(C)(C)C)=C3)c3ccc(n3Cc3ccc4ccccc4c3)C(=C3C=C(C(C)(C)C)C(=O)C(C(C)(C)C)=C3)c3ccc2[nH]3)C=C(C(C)(C)C)C1=O. The van der Waals surface area contributed by atoms with Crippen molar-refractivity contribution >= 4 is 56.2 Å². The summed E-state index contributed by atoms with van der Waals surface area (Å²) in [5, 5.41) is 2.27. The average Bonchev–Trinajstić information content (AvgIpc) is 1.72. The number of nitrogens with one attached hydrogen (secondary N) is 3. The van der Waals surface area contributed by atoms with Crippen LogP contribution in [-0.4, -0.2) is 42.7 Å². The first-order valence-electron chi connectivity index (χ1n) is 34.0. The lowest BCUT2D eigenvalue weighted by atomic mass is 9.71. The van der Waals surface area contributed by atoms with Crippen molar-refractivity contribution in [3.05, 3.63) is 258 Å². The highest BCUT2D eigenvalue weighted by Crippen LogP contribution is 2.49. The van der Waals surface area contributed by atoms with Crippen LogP contribution in [0.3, 0.4) is 0 Å². The second-order valence-corrected chi connectivity index (χ2v) is 35.3. The molecule has 0 unspecified atom stereocenters. The van der Waals surface area contributed by atoms with Crippen LogP contribution in [0.1, 0.15) is 217 Å². The minimum atomic E-state index is -0.522. The van der Waals surface area contributed by atoms with E-state index < -0.39 is 43.3 Å². The Morgan fingerprint density at radius 1 is 0.274 bits per heavy atom. The van der Waals surface area contributed by atoms with Crippen LogP contribution in [0.15, 0.2) is 206 Å². The third-order valence-corrected chi connectivity index (χ3v) is 19.3. The van der Waals surface area contributed by atoms with E-state index in [1.807, 2.05) is 0 Å². The molecular weight excluding hydrogens is 1160 g/mol. The predicted molar refractivity (Wildman–Crippen MR) is 394 cm³/mol. The van der Waals surface area contributed by atoms with Crippen molar-refractivity contribution in [3.8, 4) is 0 Å². The molecule has 1 aliphatic heterocycles. The van der Waals surface area contributed by atoms with Gasteiger partial charge in [-0.25, -0.2) is 0 Å². The Hall–Kier alpha value is -8.62. The molecule has 5 heterocycles. The van der Waals surface area contributed by atoms with Crippen LogP contribution in [0.5, 0.6) is 0 Å². The number of rotatable bonds is 2. The molecule has 6 aromatic rings. The number of allylic oxidation sites excluding steroid dienone is 20. The molecule has 0 saturated heterocycles. The zero-order valence-electron chi connectivity index (χ0n) is 61.1. The fourth-order valence-electron chi connectivity index (χ4n) is 14.0. The Labute approximate surface area is 565 Å². The average molecular weight is 1270 g/mol. The third-order valence-electron chi connectivity index (χ3n) is 19.3. The molecule has 5 aliphatic rings. The van der Waals surface area contributed by atoms with Gasteiger partial charge in [-0.2, -0.15) is 0 Å². The minimum Gasteiger partial charge on any atom is -0.354 e. The van der Waals surface area contributed by atoms with Crippen LogP contribution in [0.4, 0.5) is 0 Å². The summed E-state index contributed by atoms with van der Waals surface area (Å²) in [7, 11) is 0. The first kappa shape index (κ1) is 67.8. The monoisotopic (exact) mass is 1260 g/mol. The summed E-state index contributed by atoms with van der Waals surface area (Å²) in [4.78, 5) is 72.3. The van der Waals surface area contributed by atoms with Crippen molar-refractivity contribution in [2.75, 3.05) is 0 Å². The highest BCUT2D eigenvalue weighted by atomic mass is 16.1. The van der Waals surface area contributed by atoms with E-state index in [-0.39, 0.29) is 23.1 Å². The number of carbonyl (C=O) groups excluding carboxylic acids is 4. The number of benzene rings is 2. The largest absolute Gasteiger partial charge is 0.354 e. The van der Waals surface area contributed by atoms with Crippen LogP contribution in [0, 0.1) is 43.3 Å². The summed E-state index contributed by atoms with van der Waals surface area (Å²) in [5.41, 5.74) is 16.6. The summed E-state index contributed by atoms with van der Waals surface area (Å²) in [6.07, 6.45) is 16.9. The smallest absolute Gasteiger partial charge is 0.186 e. The Balaban J connectivity index is 1.39. The summed E-state index contributed by atoms with van der Waals surface area (Å²) < 4.78 is 2.45. The number of H-pyrrole nitrogens is 3. The van der Waals surface area contributed by atoms with Crippen molar-refractivity contribution in [1.29, 1.82) is 0 Å². The van der Waals surface area contributed by atoms with E-state index in [2.05, 4.69) is 325 Å². The van der Waals surface area contributed by atoms with Crippen LogP contribution < -0.4 is 0 Å². The standard InChI is InChI=1S/C87H100N4O4/c1-80(2,3)56-40-52(41-57(76(56)92)81(4,5)6)72-64-31-32-65(88-64)73(53-42-58(82(7,8)9)77(93)59(43-53)83(10,11)12)67-34-36-69(90-67)75(55-46-62(86(19,20)21)79(95)63(47-55)87(22,23)24)71-38-37-70(91(71)48-49-29-30-50-27-25-26-28-51(50)39-49)74(68-35-33-66(72)89-68)54-44-60(84(13,14)15)78(94)61(45-54)85(16,17)18/h25-47,88-90H,48H2,1-24H3. The van der Waals surface area contributed by atoms with E-state index in [4.69, 9.17) is 0 Å². The minimum absolute atomic E-state index is 0.0416. The number of hydrogen-bond acceptors (Lipinski definition) is 4. The molecule has 11 rings (SSSR count). The van der Waals surface area contributed by atoms with E-state index in [1.165, 1.54) is 0 Å². The quantitative estimate of drug-likeness (QED) is 0.160. The van der Waals surface area contributed by atoms with Gasteiger partial charge in [-0.15, -0.1) is 0 Å². The Bertz CT molecular complexity index is 4310. The number of aromatic amines is 3. The van der Waals surface area contributed by atoms with Gasteiger partial charge in [0.15, 0.2) is 23.1 Å². The van der Waals surface area contributed by atoms with Crippen LogP contribution in [-0.2, 0) is 25.7 Å². The lowest BCUT2D eigenvalue weighted by Crippen LogP contribution is -2.28. The van der Waals surface area contributed by atoms with Crippen molar-refractivity contribution in [3.63, 3.8) is 0 Å². The number of ketones is 4. The zero-order chi connectivity index (χ0) is 69.6. The lowest BCUT2D eigenvalue weighted by Gasteiger charge is -2.32. The molecule has 0 spiro atoms. The van der Waals surface area contributed by atoms with Crippen LogP contribution >= 0.6 is 0 Å². The molecular formula is C87H100N4O4. The van der Waals surface area contributed by atoms with Gasteiger partial charge in [0, 0.05) is 108 Å². The van der Waals surface area contributed by atoms with Gasteiger partial charge in [0.1, 0.15) is 0 Å². The number of hydrogen-bond donors (Lipinski definition) is 3. The molecule has 4 aromatic heterocycles. The number of Topliss-reactive ketones (excluding diaryl/α,β-unsaturated/α-hetero) is 4.